The Kier molecular flexibility index (Phi) is 13.7. The number of amides is 1. The summed E-state index contributed by atoms with van der Waals surface area (Å²) in [6.45, 7) is 0.00607. The molecule has 0 aliphatic carbocycles. The van der Waals surface area contributed by atoms with E-state index in [0.29, 0.717) is 0 Å². The second kappa shape index (κ2) is 18.2. The van der Waals surface area contributed by atoms with Crippen LogP contribution in [0, 0.1) is 0 Å². The van der Waals surface area contributed by atoms with Crippen molar-refractivity contribution in [3.63, 3.8) is 0 Å². The minimum absolute atomic E-state index is 0.0359. The quantitative estimate of drug-likeness (QED) is 0.0839. The Morgan fingerprint density at radius 1 is 0.706 bits per heavy atom. The lowest BCUT2D eigenvalue weighted by Gasteiger charge is -2.46. The summed E-state index contributed by atoms with van der Waals surface area (Å²) in [5.41, 5.74) is 2.33. The Morgan fingerprint density at radius 2 is 1.18 bits per heavy atom. The van der Waals surface area contributed by atoms with Crippen molar-refractivity contribution in [1.82, 2.24) is 5.32 Å². The summed E-state index contributed by atoms with van der Waals surface area (Å²) in [6, 6.07) is 33.4. The van der Waals surface area contributed by atoms with Gasteiger partial charge in [-0.05, 0) is 28.8 Å². The number of para-hydroxylation sites is 1. The van der Waals surface area contributed by atoms with Crippen LogP contribution in [0.1, 0.15) is 16.7 Å². The summed E-state index contributed by atoms with van der Waals surface area (Å²) in [6.07, 6.45) is -10.3. The van der Waals surface area contributed by atoms with E-state index in [9.17, 15) is 18.0 Å². The summed E-state index contributed by atoms with van der Waals surface area (Å²) >= 11 is 17.8. The first kappa shape index (κ1) is 38.5. The maximum atomic E-state index is 14.5. The van der Waals surface area contributed by atoms with Crippen LogP contribution in [-0.2, 0) is 48.3 Å². The molecule has 8 nitrogen and oxygen atoms in total. The number of halogens is 6. The highest BCUT2D eigenvalue weighted by atomic mass is 35.6. The highest BCUT2D eigenvalue weighted by molar-refractivity contribution is 6.76. The van der Waals surface area contributed by atoms with E-state index in [0.717, 1.165) is 16.7 Å². The van der Waals surface area contributed by atoms with E-state index < -0.39 is 52.4 Å². The van der Waals surface area contributed by atoms with Crippen molar-refractivity contribution in [3.8, 4) is 0 Å². The van der Waals surface area contributed by atoms with Crippen molar-refractivity contribution in [3.05, 3.63) is 138 Å². The summed E-state index contributed by atoms with van der Waals surface area (Å²) < 4.78 is 71.7. The Bertz CT molecular complexity index is 1680. The van der Waals surface area contributed by atoms with Crippen LogP contribution in [0.15, 0.2) is 126 Å². The summed E-state index contributed by atoms with van der Waals surface area (Å²) in [4.78, 5) is 16.9. The van der Waals surface area contributed by atoms with Gasteiger partial charge in [0.25, 0.3) is 15.6 Å². The number of nitrogens with zero attached hydrogens (tertiary/aromatic N) is 1. The molecule has 4 aromatic rings. The number of rotatable bonds is 13. The first-order valence-electron chi connectivity index (χ1n) is 15.8. The Morgan fingerprint density at radius 3 is 1.67 bits per heavy atom. The molecule has 1 amide bonds. The molecule has 0 spiro atoms. The van der Waals surface area contributed by atoms with E-state index >= 15 is 0 Å². The number of aliphatic imine (C=N–C) groups is 1. The third kappa shape index (κ3) is 11.7. The zero-order valence-corrected chi connectivity index (χ0v) is 29.2. The second-order valence-electron chi connectivity index (χ2n) is 11.4. The van der Waals surface area contributed by atoms with Gasteiger partial charge >= 0.3 is 6.18 Å². The van der Waals surface area contributed by atoms with Crippen LogP contribution in [0.25, 0.3) is 0 Å². The van der Waals surface area contributed by atoms with Gasteiger partial charge in [0.05, 0.1) is 32.1 Å². The molecule has 14 heteroatoms. The maximum Gasteiger partial charge on any atom is 0.468 e. The van der Waals surface area contributed by atoms with Crippen LogP contribution in [0.2, 0.25) is 0 Å². The van der Waals surface area contributed by atoms with Crippen LogP contribution in [0.4, 0.5) is 18.9 Å². The van der Waals surface area contributed by atoms with Gasteiger partial charge in [-0.1, -0.05) is 144 Å². The van der Waals surface area contributed by atoms with Crippen LogP contribution in [0.3, 0.4) is 0 Å². The smallest absolute Gasteiger partial charge is 0.442 e. The van der Waals surface area contributed by atoms with E-state index in [-0.39, 0.29) is 32.1 Å². The largest absolute Gasteiger partial charge is 0.468 e. The summed E-state index contributed by atoms with van der Waals surface area (Å²) in [5, 5.41) is 2.49. The van der Waals surface area contributed by atoms with E-state index in [1.54, 1.807) is 30.3 Å². The minimum atomic E-state index is -5.08. The van der Waals surface area contributed by atoms with Crippen LogP contribution < -0.4 is 5.32 Å². The first-order chi connectivity index (χ1) is 24.5. The second-order valence-corrected chi connectivity index (χ2v) is 13.7. The van der Waals surface area contributed by atoms with Crippen molar-refractivity contribution in [2.75, 3.05) is 6.61 Å². The van der Waals surface area contributed by atoms with Gasteiger partial charge in [-0.25, -0.2) is 4.99 Å². The zero-order valence-electron chi connectivity index (χ0n) is 26.9. The van der Waals surface area contributed by atoms with Gasteiger partial charge in [-0.3, -0.25) is 4.79 Å². The molecule has 51 heavy (non-hydrogen) atoms. The predicted molar refractivity (Wildman–Crippen MR) is 188 cm³/mol. The van der Waals surface area contributed by atoms with Crippen molar-refractivity contribution in [2.45, 2.75) is 60.4 Å². The molecule has 4 aromatic carbocycles. The van der Waals surface area contributed by atoms with E-state index in [4.69, 9.17) is 58.5 Å². The number of carbonyl (C=O) groups excluding carboxylic acids is 1. The molecule has 0 radical (unpaired) electrons. The monoisotopic (exact) mass is 764 g/mol. The number of carbonyl (C=O) groups is 1. The minimum Gasteiger partial charge on any atom is -0.442 e. The Labute approximate surface area is 308 Å². The van der Waals surface area contributed by atoms with Gasteiger partial charge < -0.3 is 29.0 Å². The molecule has 1 heterocycles. The SMILES string of the molecule is O=C(N[C@H]1[C@@H](OC(=Nc2ccccc2)C(F)(F)F)O[C@H](COCc2ccccc2)[C@H](OCc2ccccc2)[C@@H]1OCc1ccccc1)C(Cl)(Cl)Cl. The van der Waals surface area contributed by atoms with E-state index in [1.165, 1.54) is 24.3 Å². The predicted octanol–water partition coefficient (Wildman–Crippen LogP) is 8.26. The van der Waals surface area contributed by atoms with Gasteiger partial charge in [0, 0.05) is 0 Å². The van der Waals surface area contributed by atoms with E-state index in [2.05, 4.69) is 10.3 Å². The molecule has 1 aliphatic rings. The van der Waals surface area contributed by atoms with Crippen LogP contribution in [0.5, 0.6) is 0 Å². The maximum absolute atomic E-state index is 14.5. The molecule has 0 bridgehead atoms. The number of alkyl halides is 6. The molecule has 270 valence electrons. The van der Waals surface area contributed by atoms with Crippen molar-refractivity contribution >= 4 is 52.3 Å². The number of hydrogen-bond acceptors (Lipinski definition) is 7. The number of hydrogen-bond donors (Lipinski definition) is 1. The lowest BCUT2D eigenvalue weighted by Crippen LogP contribution is -2.67. The molecule has 5 rings (SSSR count). The molecule has 5 atom stereocenters. The van der Waals surface area contributed by atoms with Gasteiger partial charge in [0.1, 0.15) is 24.4 Å². The topological polar surface area (TPSA) is 87.6 Å². The summed E-state index contributed by atoms with van der Waals surface area (Å²) in [5.74, 6) is -2.79. The molecule has 0 unspecified atom stereocenters. The fourth-order valence-electron chi connectivity index (χ4n) is 5.21. The normalized spacial score (nSPS) is 21.2. The standard InChI is InChI=1S/C37H34Cl3F3N2O6/c38-36(39,40)34(46)45-30-32(49-23-27-17-9-3-10-18-27)31(48-22-26-15-7-2-8-16-26)29(24-47-21-25-13-5-1-6-14-25)50-33(30)51-35(37(41,42)43)44-28-19-11-4-12-20-28/h1-20,29-33H,21-24H2,(H,45,46)/t29-,30-,31+,32-,33-/m1/s1. The molecule has 0 aromatic heterocycles. The van der Waals surface area contributed by atoms with Crippen molar-refractivity contribution in [2.24, 2.45) is 4.99 Å². The molecule has 1 N–H and O–H groups in total. The highest BCUT2D eigenvalue weighted by Gasteiger charge is 2.53. The lowest BCUT2D eigenvalue weighted by atomic mass is 9.95. The summed E-state index contributed by atoms with van der Waals surface area (Å²) in [7, 11) is 0. The number of ether oxygens (including phenoxy) is 5. The van der Waals surface area contributed by atoms with Gasteiger partial charge in [0.15, 0.2) is 0 Å². The Balaban J connectivity index is 1.55. The fraction of sp³-hybridized carbons (Fsp3) is 0.297. The number of nitrogens with one attached hydrogen (secondary N) is 1. The van der Waals surface area contributed by atoms with Gasteiger partial charge in [-0.2, -0.15) is 13.2 Å². The molecule has 1 aliphatic heterocycles. The van der Waals surface area contributed by atoms with Crippen molar-refractivity contribution in [1.29, 1.82) is 0 Å². The third-order valence-electron chi connectivity index (χ3n) is 7.62. The van der Waals surface area contributed by atoms with Gasteiger partial charge in [0.2, 0.25) is 6.29 Å². The Hall–Kier alpha value is -3.68. The molecule has 0 saturated carbocycles. The number of benzene rings is 4. The molecular weight excluding hydrogens is 732 g/mol. The van der Waals surface area contributed by atoms with Gasteiger partial charge in [-0.15, -0.1) is 0 Å². The van der Waals surface area contributed by atoms with Crippen molar-refractivity contribution < 1.29 is 41.7 Å². The molecule has 1 saturated heterocycles. The highest BCUT2D eigenvalue weighted by Crippen LogP contribution is 2.34. The zero-order chi connectivity index (χ0) is 36.3. The fourth-order valence-corrected chi connectivity index (χ4v) is 5.37. The van der Waals surface area contributed by atoms with Crippen LogP contribution >= 0.6 is 34.8 Å². The van der Waals surface area contributed by atoms with Crippen LogP contribution in [-0.4, -0.2) is 59.0 Å². The molecule has 1 fully saturated rings. The molecular formula is C37H34Cl3F3N2O6. The van der Waals surface area contributed by atoms with E-state index in [1.807, 2.05) is 66.7 Å². The lowest BCUT2D eigenvalue weighted by molar-refractivity contribution is -0.277. The first-order valence-corrected chi connectivity index (χ1v) is 16.9. The third-order valence-corrected chi connectivity index (χ3v) is 8.14. The average molecular weight is 766 g/mol. The average Bonchev–Trinajstić information content (AvgIpc) is 3.12.